The molecule has 0 aliphatic carbocycles. The van der Waals surface area contributed by atoms with Crippen molar-refractivity contribution in [1.82, 2.24) is 5.32 Å². The van der Waals surface area contributed by atoms with Gasteiger partial charge in [0.15, 0.2) is 5.76 Å². The van der Waals surface area contributed by atoms with Crippen LogP contribution in [0.1, 0.15) is 10.6 Å². The molecular formula is C7H8BrNO2. The summed E-state index contributed by atoms with van der Waals surface area (Å²) in [6.07, 6.45) is 1.48. The molecule has 4 heteroatoms. The average molecular weight is 218 g/mol. The first-order chi connectivity index (χ1) is 5.25. The Morgan fingerprint density at radius 2 is 2.55 bits per heavy atom. The monoisotopic (exact) mass is 217 g/mol. The van der Waals surface area contributed by atoms with Gasteiger partial charge in [-0.1, -0.05) is 0 Å². The number of ketones is 1. The minimum absolute atomic E-state index is 0.0515. The lowest BCUT2D eigenvalue weighted by Gasteiger charge is -1.94. The second-order valence-electron chi connectivity index (χ2n) is 2.05. The van der Waals surface area contributed by atoms with Crippen LogP contribution in [0.15, 0.2) is 21.2 Å². The summed E-state index contributed by atoms with van der Waals surface area (Å²) < 4.78 is 5.65. The maximum atomic E-state index is 11.1. The van der Waals surface area contributed by atoms with Crippen molar-refractivity contribution in [3.05, 3.63) is 22.6 Å². The SMILES string of the molecule is CNCC(=O)c1occc1Br. The van der Waals surface area contributed by atoms with Gasteiger partial charge in [0.05, 0.1) is 17.3 Å². The normalized spacial score (nSPS) is 10.0. The second-order valence-corrected chi connectivity index (χ2v) is 2.91. The molecule has 0 unspecified atom stereocenters. The second kappa shape index (κ2) is 3.69. The lowest BCUT2D eigenvalue weighted by atomic mass is 10.3. The number of hydrogen-bond donors (Lipinski definition) is 1. The number of nitrogens with one attached hydrogen (secondary N) is 1. The van der Waals surface area contributed by atoms with Gasteiger partial charge in [-0.15, -0.1) is 0 Å². The molecule has 11 heavy (non-hydrogen) atoms. The summed E-state index contributed by atoms with van der Waals surface area (Å²) in [5.74, 6) is 0.323. The molecule has 1 heterocycles. The topological polar surface area (TPSA) is 42.2 Å². The highest BCUT2D eigenvalue weighted by Gasteiger charge is 2.11. The molecule has 1 aromatic rings. The predicted molar refractivity (Wildman–Crippen MR) is 44.7 cm³/mol. The first-order valence-electron chi connectivity index (χ1n) is 3.16. The zero-order chi connectivity index (χ0) is 8.27. The van der Waals surface area contributed by atoms with Crippen LogP contribution in [0.2, 0.25) is 0 Å². The van der Waals surface area contributed by atoms with Crippen LogP contribution in [0.5, 0.6) is 0 Å². The van der Waals surface area contributed by atoms with E-state index in [1.807, 2.05) is 0 Å². The van der Waals surface area contributed by atoms with Crippen molar-refractivity contribution >= 4 is 21.7 Å². The lowest BCUT2D eigenvalue weighted by Crippen LogP contribution is -2.18. The van der Waals surface area contributed by atoms with Gasteiger partial charge in [-0.05, 0) is 29.0 Å². The predicted octanol–water partition coefficient (Wildman–Crippen LogP) is 1.44. The van der Waals surface area contributed by atoms with E-state index in [0.29, 0.717) is 16.8 Å². The highest BCUT2D eigenvalue weighted by Crippen LogP contribution is 2.17. The largest absolute Gasteiger partial charge is 0.460 e. The molecule has 0 aliphatic heterocycles. The number of likely N-dealkylation sites (N-methyl/N-ethyl adjacent to an activating group) is 1. The van der Waals surface area contributed by atoms with Crippen LogP contribution >= 0.6 is 15.9 Å². The van der Waals surface area contributed by atoms with Gasteiger partial charge < -0.3 is 9.73 Å². The fraction of sp³-hybridized carbons (Fsp3) is 0.286. The van der Waals surface area contributed by atoms with Crippen LogP contribution in [0.3, 0.4) is 0 Å². The molecule has 0 aromatic carbocycles. The number of furan rings is 1. The van der Waals surface area contributed by atoms with E-state index in [1.54, 1.807) is 13.1 Å². The quantitative estimate of drug-likeness (QED) is 0.780. The van der Waals surface area contributed by atoms with E-state index in [-0.39, 0.29) is 5.78 Å². The van der Waals surface area contributed by atoms with Gasteiger partial charge in [0.25, 0.3) is 0 Å². The van der Waals surface area contributed by atoms with Gasteiger partial charge in [0.2, 0.25) is 5.78 Å². The summed E-state index contributed by atoms with van der Waals surface area (Å²) in [5.41, 5.74) is 0. The van der Waals surface area contributed by atoms with Crippen molar-refractivity contribution in [3.63, 3.8) is 0 Å². The van der Waals surface area contributed by atoms with Crippen LogP contribution in [0, 0.1) is 0 Å². The highest BCUT2D eigenvalue weighted by molar-refractivity contribution is 9.10. The number of carbonyl (C=O) groups is 1. The van der Waals surface area contributed by atoms with E-state index >= 15 is 0 Å². The molecule has 0 aliphatic rings. The smallest absolute Gasteiger partial charge is 0.212 e. The first kappa shape index (κ1) is 8.49. The molecule has 0 bridgehead atoms. The van der Waals surface area contributed by atoms with Crippen LogP contribution in [-0.2, 0) is 0 Å². The summed E-state index contributed by atoms with van der Waals surface area (Å²) in [7, 11) is 1.72. The van der Waals surface area contributed by atoms with Crippen LogP contribution in [-0.4, -0.2) is 19.4 Å². The summed E-state index contributed by atoms with van der Waals surface area (Å²) in [5, 5.41) is 2.75. The maximum Gasteiger partial charge on any atom is 0.212 e. The maximum absolute atomic E-state index is 11.1. The summed E-state index contributed by atoms with van der Waals surface area (Å²) >= 11 is 3.19. The fourth-order valence-electron chi connectivity index (χ4n) is 0.734. The zero-order valence-electron chi connectivity index (χ0n) is 6.06. The zero-order valence-corrected chi connectivity index (χ0v) is 7.64. The highest BCUT2D eigenvalue weighted by atomic mass is 79.9. The van der Waals surface area contributed by atoms with E-state index in [0.717, 1.165) is 0 Å². The summed E-state index contributed by atoms with van der Waals surface area (Å²) in [6, 6.07) is 1.70. The van der Waals surface area contributed by atoms with Crippen molar-refractivity contribution in [2.24, 2.45) is 0 Å². The van der Waals surface area contributed by atoms with Crippen molar-refractivity contribution in [2.75, 3.05) is 13.6 Å². The molecule has 60 valence electrons. The van der Waals surface area contributed by atoms with E-state index in [1.165, 1.54) is 6.26 Å². The first-order valence-corrected chi connectivity index (χ1v) is 3.96. The van der Waals surface area contributed by atoms with Crippen LogP contribution < -0.4 is 5.32 Å². The van der Waals surface area contributed by atoms with E-state index in [9.17, 15) is 4.79 Å². The van der Waals surface area contributed by atoms with Crippen LogP contribution in [0.4, 0.5) is 0 Å². The minimum Gasteiger partial charge on any atom is -0.460 e. The third-order valence-electron chi connectivity index (χ3n) is 1.21. The van der Waals surface area contributed by atoms with Gasteiger partial charge in [-0.25, -0.2) is 0 Å². The molecule has 0 fully saturated rings. The van der Waals surface area contributed by atoms with Crippen molar-refractivity contribution in [2.45, 2.75) is 0 Å². The van der Waals surface area contributed by atoms with E-state index in [2.05, 4.69) is 21.2 Å². The summed E-state index contributed by atoms with van der Waals surface area (Å²) in [6.45, 7) is 0.298. The average Bonchev–Trinajstić information content (AvgIpc) is 2.36. The summed E-state index contributed by atoms with van der Waals surface area (Å²) in [4.78, 5) is 11.1. The Labute approximate surface area is 72.9 Å². The molecule has 0 saturated heterocycles. The fourth-order valence-corrected chi connectivity index (χ4v) is 1.16. The van der Waals surface area contributed by atoms with Crippen molar-refractivity contribution in [3.8, 4) is 0 Å². The number of rotatable bonds is 3. The Hall–Kier alpha value is -0.610. The molecule has 0 radical (unpaired) electrons. The minimum atomic E-state index is -0.0515. The number of carbonyl (C=O) groups excluding carboxylic acids is 1. The Balaban J connectivity index is 2.76. The molecule has 0 spiro atoms. The Bertz CT molecular complexity index is 257. The molecule has 0 atom stereocenters. The number of halogens is 1. The van der Waals surface area contributed by atoms with Crippen molar-refractivity contribution in [1.29, 1.82) is 0 Å². The van der Waals surface area contributed by atoms with Crippen molar-refractivity contribution < 1.29 is 9.21 Å². The Kier molecular flexibility index (Phi) is 2.84. The lowest BCUT2D eigenvalue weighted by molar-refractivity contribution is 0.0966. The molecular weight excluding hydrogens is 210 g/mol. The molecule has 0 amide bonds. The molecule has 1 rings (SSSR count). The van der Waals surface area contributed by atoms with E-state index in [4.69, 9.17) is 4.42 Å². The Morgan fingerprint density at radius 3 is 3.00 bits per heavy atom. The van der Waals surface area contributed by atoms with Gasteiger partial charge in [0.1, 0.15) is 0 Å². The third-order valence-corrected chi connectivity index (χ3v) is 1.83. The number of hydrogen-bond acceptors (Lipinski definition) is 3. The molecule has 1 N–H and O–H groups in total. The van der Waals surface area contributed by atoms with E-state index < -0.39 is 0 Å². The van der Waals surface area contributed by atoms with Crippen LogP contribution in [0.25, 0.3) is 0 Å². The standard InChI is InChI=1S/C7H8BrNO2/c1-9-4-6(10)7-5(8)2-3-11-7/h2-3,9H,4H2,1H3. The van der Waals surface area contributed by atoms with Gasteiger partial charge in [0, 0.05) is 0 Å². The third kappa shape index (κ3) is 1.91. The molecule has 3 nitrogen and oxygen atoms in total. The number of Topliss-reactive ketones (excluding diaryl/α,β-unsaturated/α-hetero) is 1. The van der Waals surface area contributed by atoms with Gasteiger partial charge in [-0.2, -0.15) is 0 Å². The van der Waals surface area contributed by atoms with Gasteiger partial charge >= 0.3 is 0 Å². The van der Waals surface area contributed by atoms with Gasteiger partial charge in [-0.3, -0.25) is 4.79 Å². The molecule has 0 saturated carbocycles. The Morgan fingerprint density at radius 1 is 1.82 bits per heavy atom. The molecule has 1 aromatic heterocycles.